The largest absolute Gasteiger partial charge is 0.497 e. The van der Waals surface area contributed by atoms with Crippen LogP contribution in [0.2, 0.25) is 0 Å². The smallest absolute Gasteiger partial charge is 0.244 e. The van der Waals surface area contributed by atoms with Crippen LogP contribution in [0, 0.1) is 6.92 Å². The maximum Gasteiger partial charge on any atom is 0.244 e. The van der Waals surface area contributed by atoms with Crippen LogP contribution >= 0.6 is 11.3 Å². The predicted molar refractivity (Wildman–Crippen MR) is 97.4 cm³/mol. The van der Waals surface area contributed by atoms with E-state index in [4.69, 9.17) is 4.74 Å². The lowest BCUT2D eigenvalue weighted by Gasteiger charge is -2.00. The minimum atomic E-state index is -0.0967. The van der Waals surface area contributed by atoms with E-state index in [0.717, 1.165) is 39.3 Å². The van der Waals surface area contributed by atoms with Crippen molar-refractivity contribution in [2.24, 2.45) is 0 Å². The van der Waals surface area contributed by atoms with E-state index in [1.807, 2.05) is 25.1 Å². The lowest BCUT2D eigenvalue weighted by molar-refractivity contribution is -0.116. The molecule has 2 aromatic heterocycles. The molecule has 3 rings (SSSR count). The SMILES string of the molecule is COc1ccc2cc(CCNC(=O)/C=C/c3scnc3C)[nH]c2c1. The molecule has 0 saturated heterocycles. The first-order chi connectivity index (χ1) is 11.7. The Labute approximate surface area is 144 Å². The van der Waals surface area contributed by atoms with Crippen molar-refractivity contribution in [3.05, 3.63) is 52.1 Å². The normalized spacial score (nSPS) is 11.2. The van der Waals surface area contributed by atoms with Crippen molar-refractivity contribution in [3.8, 4) is 5.75 Å². The molecule has 0 saturated carbocycles. The maximum atomic E-state index is 11.9. The fraction of sp³-hybridized carbons (Fsp3) is 0.222. The Bertz CT molecular complexity index is 879. The summed E-state index contributed by atoms with van der Waals surface area (Å²) >= 11 is 1.52. The van der Waals surface area contributed by atoms with E-state index < -0.39 is 0 Å². The third-order valence-electron chi connectivity index (χ3n) is 3.75. The number of hydrogen-bond acceptors (Lipinski definition) is 4. The summed E-state index contributed by atoms with van der Waals surface area (Å²) in [6.45, 7) is 2.51. The number of aromatic amines is 1. The van der Waals surface area contributed by atoms with E-state index in [1.165, 1.54) is 11.3 Å². The first-order valence-corrected chi connectivity index (χ1v) is 8.55. The summed E-state index contributed by atoms with van der Waals surface area (Å²) in [6, 6.07) is 8.02. The molecule has 0 spiro atoms. The Morgan fingerprint density at radius 2 is 2.29 bits per heavy atom. The van der Waals surface area contributed by atoms with Crippen LogP contribution in [0.5, 0.6) is 5.75 Å². The third-order valence-corrected chi connectivity index (χ3v) is 4.64. The van der Waals surface area contributed by atoms with E-state index in [-0.39, 0.29) is 5.91 Å². The van der Waals surface area contributed by atoms with Gasteiger partial charge in [0.25, 0.3) is 0 Å². The van der Waals surface area contributed by atoms with Gasteiger partial charge in [-0.15, -0.1) is 11.3 Å². The summed E-state index contributed by atoms with van der Waals surface area (Å²) in [7, 11) is 1.65. The van der Waals surface area contributed by atoms with Gasteiger partial charge in [-0.05, 0) is 36.6 Å². The second-order valence-corrected chi connectivity index (χ2v) is 6.31. The van der Waals surface area contributed by atoms with Crippen LogP contribution in [0.3, 0.4) is 0 Å². The summed E-state index contributed by atoms with van der Waals surface area (Å²) in [6.07, 6.45) is 4.10. The van der Waals surface area contributed by atoms with Gasteiger partial charge in [-0.2, -0.15) is 0 Å². The van der Waals surface area contributed by atoms with Crippen LogP contribution in [0.25, 0.3) is 17.0 Å². The highest BCUT2D eigenvalue weighted by molar-refractivity contribution is 7.10. The Morgan fingerprint density at radius 3 is 3.04 bits per heavy atom. The highest BCUT2D eigenvalue weighted by Gasteiger charge is 2.03. The molecule has 0 atom stereocenters. The minimum absolute atomic E-state index is 0.0967. The van der Waals surface area contributed by atoms with Crippen molar-refractivity contribution < 1.29 is 9.53 Å². The number of aryl methyl sites for hydroxylation is 1. The quantitative estimate of drug-likeness (QED) is 0.676. The van der Waals surface area contributed by atoms with Gasteiger partial charge in [0.05, 0.1) is 18.3 Å². The minimum Gasteiger partial charge on any atom is -0.497 e. The number of rotatable bonds is 6. The Balaban J connectivity index is 1.53. The molecule has 0 aliphatic rings. The number of hydrogen-bond donors (Lipinski definition) is 2. The highest BCUT2D eigenvalue weighted by Crippen LogP contribution is 2.21. The van der Waals surface area contributed by atoms with E-state index in [2.05, 4.69) is 21.4 Å². The van der Waals surface area contributed by atoms with Crippen molar-refractivity contribution in [1.82, 2.24) is 15.3 Å². The van der Waals surface area contributed by atoms with Gasteiger partial charge < -0.3 is 15.0 Å². The Kier molecular flexibility index (Phi) is 4.96. The number of methoxy groups -OCH3 is 1. The highest BCUT2D eigenvalue weighted by atomic mass is 32.1. The van der Waals surface area contributed by atoms with Crippen LogP contribution in [-0.4, -0.2) is 29.5 Å². The molecule has 0 unspecified atom stereocenters. The summed E-state index contributed by atoms with van der Waals surface area (Å²) in [5, 5.41) is 4.03. The van der Waals surface area contributed by atoms with Crippen molar-refractivity contribution in [3.63, 3.8) is 0 Å². The summed E-state index contributed by atoms with van der Waals surface area (Å²) in [4.78, 5) is 20.4. The number of carbonyl (C=O) groups is 1. The van der Waals surface area contributed by atoms with E-state index >= 15 is 0 Å². The van der Waals surface area contributed by atoms with Crippen LogP contribution in [-0.2, 0) is 11.2 Å². The number of carbonyl (C=O) groups excluding carboxylic acids is 1. The molecule has 124 valence electrons. The molecule has 2 N–H and O–H groups in total. The van der Waals surface area contributed by atoms with Crippen molar-refractivity contribution in [2.75, 3.05) is 13.7 Å². The second-order valence-electron chi connectivity index (χ2n) is 5.42. The second kappa shape index (κ2) is 7.31. The van der Waals surface area contributed by atoms with Gasteiger partial charge in [0.15, 0.2) is 0 Å². The van der Waals surface area contributed by atoms with Crippen LogP contribution in [0.4, 0.5) is 0 Å². The van der Waals surface area contributed by atoms with E-state index in [9.17, 15) is 4.79 Å². The predicted octanol–water partition coefficient (Wildman–Crippen LogP) is 3.31. The zero-order valence-corrected chi connectivity index (χ0v) is 14.4. The summed E-state index contributed by atoms with van der Waals surface area (Å²) in [5.41, 5.74) is 4.84. The van der Waals surface area contributed by atoms with E-state index in [1.54, 1.807) is 24.8 Å². The van der Waals surface area contributed by atoms with Crippen molar-refractivity contribution in [1.29, 1.82) is 0 Å². The molecular formula is C18H19N3O2S. The maximum absolute atomic E-state index is 11.9. The Morgan fingerprint density at radius 1 is 1.42 bits per heavy atom. The summed E-state index contributed by atoms with van der Waals surface area (Å²) in [5.74, 6) is 0.730. The van der Waals surface area contributed by atoms with Gasteiger partial charge in [-0.1, -0.05) is 0 Å². The monoisotopic (exact) mass is 341 g/mol. The third kappa shape index (κ3) is 3.83. The molecule has 1 amide bonds. The standard InChI is InChI=1S/C18H19N3O2S/c1-12-17(24-11-20-12)5-6-18(22)19-8-7-14-9-13-3-4-15(23-2)10-16(13)21-14/h3-6,9-11,21H,7-8H2,1-2H3,(H,19,22)/b6-5+. The topological polar surface area (TPSA) is 67.0 Å². The van der Waals surface area contributed by atoms with Crippen molar-refractivity contribution in [2.45, 2.75) is 13.3 Å². The number of amides is 1. The molecule has 0 aliphatic carbocycles. The summed E-state index contributed by atoms with van der Waals surface area (Å²) < 4.78 is 5.22. The number of H-pyrrole nitrogens is 1. The number of nitrogens with one attached hydrogen (secondary N) is 2. The average Bonchev–Trinajstić information content (AvgIpc) is 3.17. The molecule has 24 heavy (non-hydrogen) atoms. The number of fused-ring (bicyclic) bond motifs is 1. The molecule has 1 aromatic carbocycles. The van der Waals surface area contributed by atoms with Gasteiger partial charge in [0, 0.05) is 41.2 Å². The molecule has 0 bridgehead atoms. The number of nitrogens with zero attached hydrogens (tertiary/aromatic N) is 1. The first kappa shape index (κ1) is 16.3. The molecule has 5 nitrogen and oxygen atoms in total. The van der Waals surface area contributed by atoms with Gasteiger partial charge in [0.1, 0.15) is 5.75 Å². The first-order valence-electron chi connectivity index (χ1n) is 7.67. The van der Waals surface area contributed by atoms with Crippen LogP contribution in [0.1, 0.15) is 16.3 Å². The number of thiazole rings is 1. The fourth-order valence-corrected chi connectivity index (χ4v) is 3.12. The molecule has 3 aromatic rings. The molecule has 2 heterocycles. The number of benzene rings is 1. The number of aromatic nitrogens is 2. The molecule has 0 fully saturated rings. The zero-order valence-electron chi connectivity index (χ0n) is 13.6. The van der Waals surface area contributed by atoms with Gasteiger partial charge in [0.2, 0.25) is 5.91 Å². The number of ether oxygens (including phenoxy) is 1. The van der Waals surface area contributed by atoms with Gasteiger partial charge in [-0.25, -0.2) is 4.98 Å². The van der Waals surface area contributed by atoms with Crippen molar-refractivity contribution >= 4 is 34.2 Å². The molecule has 0 radical (unpaired) electrons. The molecule has 6 heteroatoms. The molecular weight excluding hydrogens is 322 g/mol. The lowest BCUT2D eigenvalue weighted by atomic mass is 10.2. The van der Waals surface area contributed by atoms with Crippen LogP contribution < -0.4 is 10.1 Å². The van der Waals surface area contributed by atoms with Gasteiger partial charge >= 0.3 is 0 Å². The average molecular weight is 341 g/mol. The van der Waals surface area contributed by atoms with Gasteiger partial charge in [-0.3, -0.25) is 4.79 Å². The lowest BCUT2D eigenvalue weighted by Crippen LogP contribution is -2.23. The fourth-order valence-electron chi connectivity index (χ4n) is 2.43. The Hall–Kier alpha value is -2.60. The van der Waals surface area contributed by atoms with E-state index in [0.29, 0.717) is 6.54 Å². The zero-order chi connectivity index (χ0) is 16.9. The van der Waals surface area contributed by atoms with Crippen LogP contribution in [0.15, 0.2) is 35.9 Å². The molecule has 0 aliphatic heterocycles.